The van der Waals surface area contributed by atoms with Crippen LogP contribution in [0.5, 0.6) is 0 Å². The van der Waals surface area contributed by atoms with Crippen LogP contribution in [0.25, 0.3) is 0 Å². The highest BCUT2D eigenvalue weighted by molar-refractivity contribution is 5.70. The topological polar surface area (TPSA) is 68.0 Å². The third-order valence-electron chi connectivity index (χ3n) is 1.95. The van der Waals surface area contributed by atoms with E-state index in [9.17, 15) is 4.79 Å². The van der Waals surface area contributed by atoms with Gasteiger partial charge in [0.2, 0.25) is 0 Å². The van der Waals surface area contributed by atoms with Crippen molar-refractivity contribution in [3.05, 3.63) is 11.9 Å². The van der Waals surface area contributed by atoms with Gasteiger partial charge in [0, 0.05) is 19.7 Å². The summed E-state index contributed by atoms with van der Waals surface area (Å²) in [5.74, 6) is -1.12. The number of hydrogen-bond donors (Lipinski definition) is 1. The molecule has 0 fully saturated rings. The molecule has 0 radical (unpaired) electrons. The van der Waals surface area contributed by atoms with Gasteiger partial charge < -0.3 is 5.11 Å². The number of nitrogens with zero attached hydrogens (tertiary/aromatic N) is 3. The third-order valence-corrected chi connectivity index (χ3v) is 1.95. The second-order valence-corrected chi connectivity index (χ2v) is 3.03. The molecule has 5 nitrogen and oxygen atoms in total. The lowest BCUT2D eigenvalue weighted by Crippen LogP contribution is -2.15. The Morgan fingerprint density at radius 1 is 1.77 bits per heavy atom. The predicted molar refractivity (Wildman–Crippen MR) is 46.1 cm³/mol. The van der Waals surface area contributed by atoms with Crippen LogP contribution < -0.4 is 0 Å². The minimum Gasteiger partial charge on any atom is -0.481 e. The van der Waals surface area contributed by atoms with E-state index in [1.54, 1.807) is 17.9 Å². The Morgan fingerprint density at radius 2 is 2.46 bits per heavy atom. The predicted octanol–water partition coefficient (Wildman–Crippen LogP) is 0.468. The molecule has 0 saturated heterocycles. The summed E-state index contributed by atoms with van der Waals surface area (Å²) in [6, 6.07) is 0. The van der Waals surface area contributed by atoms with E-state index in [1.165, 1.54) is 0 Å². The fourth-order valence-corrected chi connectivity index (χ4v) is 1.15. The van der Waals surface area contributed by atoms with Crippen molar-refractivity contribution in [3.63, 3.8) is 0 Å². The molecule has 72 valence electrons. The molecule has 0 spiro atoms. The van der Waals surface area contributed by atoms with Crippen molar-refractivity contribution in [2.75, 3.05) is 0 Å². The second-order valence-electron chi connectivity index (χ2n) is 3.03. The molecule has 0 saturated carbocycles. The van der Waals surface area contributed by atoms with E-state index in [2.05, 4.69) is 10.3 Å². The molecule has 0 aliphatic rings. The number of hydrogen-bond acceptors (Lipinski definition) is 3. The highest BCUT2D eigenvalue weighted by Crippen LogP contribution is 2.09. The third kappa shape index (κ3) is 2.54. The monoisotopic (exact) mass is 183 g/mol. The maximum absolute atomic E-state index is 10.7. The molecule has 13 heavy (non-hydrogen) atoms. The number of rotatable bonds is 4. The molecular formula is C8H13N3O2. The standard InChI is InChI=1S/C8H13N3O2/c1-3-6(8(12)13)4-7-5-11(2)10-9-7/h5-6H,3-4H2,1-2H3,(H,12,13). The van der Waals surface area contributed by atoms with Crippen LogP contribution in [0.15, 0.2) is 6.20 Å². The number of aromatic nitrogens is 3. The van der Waals surface area contributed by atoms with Crippen molar-refractivity contribution in [3.8, 4) is 0 Å². The lowest BCUT2D eigenvalue weighted by atomic mass is 10.0. The summed E-state index contributed by atoms with van der Waals surface area (Å²) in [7, 11) is 1.76. The molecule has 1 aromatic heterocycles. The van der Waals surface area contributed by atoms with Crippen molar-refractivity contribution in [1.29, 1.82) is 0 Å². The number of carbonyl (C=O) groups is 1. The average molecular weight is 183 g/mol. The van der Waals surface area contributed by atoms with E-state index in [-0.39, 0.29) is 5.92 Å². The van der Waals surface area contributed by atoms with Crippen molar-refractivity contribution in [2.45, 2.75) is 19.8 Å². The quantitative estimate of drug-likeness (QED) is 0.736. The highest BCUT2D eigenvalue weighted by Gasteiger charge is 2.16. The Hall–Kier alpha value is -1.39. The highest BCUT2D eigenvalue weighted by atomic mass is 16.4. The molecule has 1 N–H and O–H groups in total. The molecule has 0 aliphatic carbocycles. The van der Waals surface area contributed by atoms with Gasteiger partial charge in [-0.15, -0.1) is 5.10 Å². The van der Waals surface area contributed by atoms with Gasteiger partial charge in [0.1, 0.15) is 0 Å². The SMILES string of the molecule is CCC(Cc1cn(C)nn1)C(=O)O. The zero-order valence-corrected chi connectivity index (χ0v) is 7.77. The molecule has 1 rings (SSSR count). The molecule has 5 heteroatoms. The number of aliphatic carboxylic acids is 1. The number of carboxylic acids is 1. The Bertz CT molecular complexity index is 295. The molecule has 1 atom stereocenters. The van der Waals surface area contributed by atoms with Gasteiger partial charge in [-0.2, -0.15) is 0 Å². The first-order valence-corrected chi connectivity index (χ1v) is 4.21. The first-order chi connectivity index (χ1) is 6.13. The van der Waals surface area contributed by atoms with E-state index >= 15 is 0 Å². The zero-order valence-electron chi connectivity index (χ0n) is 7.77. The van der Waals surface area contributed by atoms with E-state index < -0.39 is 5.97 Å². The minimum atomic E-state index is -0.770. The van der Waals surface area contributed by atoms with Gasteiger partial charge in [0.25, 0.3) is 0 Å². The van der Waals surface area contributed by atoms with E-state index in [4.69, 9.17) is 5.11 Å². The normalized spacial score (nSPS) is 12.8. The molecular weight excluding hydrogens is 170 g/mol. The van der Waals surface area contributed by atoms with Gasteiger partial charge in [-0.1, -0.05) is 12.1 Å². The van der Waals surface area contributed by atoms with Gasteiger partial charge >= 0.3 is 5.97 Å². The maximum Gasteiger partial charge on any atom is 0.306 e. The summed E-state index contributed by atoms with van der Waals surface area (Å²) >= 11 is 0. The fraction of sp³-hybridized carbons (Fsp3) is 0.625. The molecule has 0 aliphatic heterocycles. The summed E-state index contributed by atoms with van der Waals surface area (Å²) in [5, 5.41) is 16.4. The summed E-state index contributed by atoms with van der Waals surface area (Å²) in [6.07, 6.45) is 2.82. The smallest absolute Gasteiger partial charge is 0.306 e. The van der Waals surface area contributed by atoms with Gasteiger partial charge in [-0.05, 0) is 6.42 Å². The van der Waals surface area contributed by atoms with Crippen LogP contribution in [0.1, 0.15) is 19.0 Å². The van der Waals surface area contributed by atoms with Crippen molar-refractivity contribution < 1.29 is 9.90 Å². The van der Waals surface area contributed by atoms with Gasteiger partial charge in [-0.3, -0.25) is 9.48 Å². The largest absolute Gasteiger partial charge is 0.481 e. The first kappa shape index (κ1) is 9.70. The van der Waals surface area contributed by atoms with Gasteiger partial charge in [0.05, 0.1) is 11.6 Å². The summed E-state index contributed by atoms with van der Waals surface area (Å²) in [5.41, 5.74) is 0.733. The summed E-state index contributed by atoms with van der Waals surface area (Å²) in [4.78, 5) is 10.7. The van der Waals surface area contributed by atoms with Crippen molar-refractivity contribution >= 4 is 5.97 Å². The molecule has 1 heterocycles. The Morgan fingerprint density at radius 3 is 2.85 bits per heavy atom. The molecule has 1 aromatic rings. The Kier molecular flexibility index (Phi) is 3.00. The average Bonchev–Trinajstić information content (AvgIpc) is 2.46. The van der Waals surface area contributed by atoms with E-state index in [0.717, 1.165) is 5.69 Å². The molecule has 1 unspecified atom stereocenters. The van der Waals surface area contributed by atoms with Crippen molar-refractivity contribution in [2.24, 2.45) is 13.0 Å². The van der Waals surface area contributed by atoms with Crippen LogP contribution in [0.2, 0.25) is 0 Å². The van der Waals surface area contributed by atoms with Crippen LogP contribution in [0.4, 0.5) is 0 Å². The number of carboxylic acid groups (broad SMARTS) is 1. The van der Waals surface area contributed by atoms with Crippen molar-refractivity contribution in [1.82, 2.24) is 15.0 Å². The summed E-state index contributed by atoms with van der Waals surface area (Å²) < 4.78 is 1.57. The lowest BCUT2D eigenvalue weighted by molar-refractivity contribution is -0.141. The first-order valence-electron chi connectivity index (χ1n) is 4.21. The maximum atomic E-state index is 10.7. The van der Waals surface area contributed by atoms with Crippen LogP contribution in [0.3, 0.4) is 0 Å². The fourth-order valence-electron chi connectivity index (χ4n) is 1.15. The van der Waals surface area contributed by atoms with Gasteiger partial charge in [0.15, 0.2) is 0 Å². The Labute approximate surface area is 76.4 Å². The molecule has 0 aromatic carbocycles. The molecule has 0 bridgehead atoms. The number of aryl methyl sites for hydroxylation is 1. The molecule has 0 amide bonds. The minimum absolute atomic E-state index is 0.350. The van der Waals surface area contributed by atoms with Crippen LogP contribution in [-0.2, 0) is 18.3 Å². The van der Waals surface area contributed by atoms with Crippen LogP contribution in [-0.4, -0.2) is 26.1 Å². The second kappa shape index (κ2) is 4.02. The summed E-state index contributed by atoms with van der Waals surface area (Å²) in [6.45, 7) is 1.86. The van der Waals surface area contributed by atoms with Crippen LogP contribution in [0, 0.1) is 5.92 Å². The van der Waals surface area contributed by atoms with Crippen LogP contribution >= 0.6 is 0 Å². The zero-order chi connectivity index (χ0) is 9.84. The van der Waals surface area contributed by atoms with E-state index in [0.29, 0.717) is 12.8 Å². The van der Waals surface area contributed by atoms with E-state index in [1.807, 2.05) is 6.92 Å². The Balaban J connectivity index is 2.61. The van der Waals surface area contributed by atoms with Gasteiger partial charge in [-0.25, -0.2) is 0 Å². The lowest BCUT2D eigenvalue weighted by Gasteiger charge is -2.05.